The van der Waals surface area contributed by atoms with Crippen LogP contribution in [-0.2, 0) is 46.6 Å². The van der Waals surface area contributed by atoms with Gasteiger partial charge >= 0.3 is 17.9 Å². The number of hydrogen-bond acceptors (Lipinski definition) is 8. The number of benzene rings is 2. The van der Waals surface area contributed by atoms with Gasteiger partial charge in [0, 0.05) is 5.70 Å². The lowest BCUT2D eigenvalue weighted by molar-refractivity contribution is -0.147. The second-order valence-corrected chi connectivity index (χ2v) is 7.38. The van der Waals surface area contributed by atoms with Crippen molar-refractivity contribution in [2.24, 2.45) is 5.92 Å². The average molecular weight is 468 g/mol. The molecule has 1 atom stereocenters. The molecule has 34 heavy (non-hydrogen) atoms. The highest BCUT2D eigenvalue weighted by atomic mass is 16.5. The fourth-order valence-electron chi connectivity index (χ4n) is 3.04. The largest absolute Gasteiger partial charge is 0.465 e. The van der Waals surface area contributed by atoms with Crippen molar-refractivity contribution in [3.63, 3.8) is 0 Å². The smallest absolute Gasteiger partial charge is 0.343 e. The first-order valence-corrected chi connectivity index (χ1v) is 10.9. The number of esters is 3. The Morgan fingerprint density at radius 2 is 1.35 bits per heavy atom. The first-order valence-electron chi connectivity index (χ1n) is 10.9. The molecule has 0 bridgehead atoms. The van der Waals surface area contributed by atoms with Crippen LogP contribution in [0.5, 0.6) is 0 Å². The summed E-state index contributed by atoms with van der Waals surface area (Å²) in [6.45, 7) is 4.05. The van der Waals surface area contributed by atoms with E-state index in [-0.39, 0.29) is 37.6 Å². The molecule has 2 rings (SSSR count). The minimum absolute atomic E-state index is 0.0549. The van der Waals surface area contributed by atoms with Crippen molar-refractivity contribution in [2.75, 3.05) is 13.2 Å². The highest BCUT2D eigenvalue weighted by Gasteiger charge is 2.30. The Labute approximate surface area is 198 Å². The SMILES string of the molecule is CCOC(=O)C(C)C(NCC(=O)OCc1ccccc1)=C(C(C)=O)C(=O)OCc1ccccc1. The zero-order chi connectivity index (χ0) is 24.9. The summed E-state index contributed by atoms with van der Waals surface area (Å²) >= 11 is 0. The normalized spacial score (nSPS) is 12.1. The zero-order valence-electron chi connectivity index (χ0n) is 19.5. The Morgan fingerprint density at radius 1 is 0.824 bits per heavy atom. The van der Waals surface area contributed by atoms with Gasteiger partial charge in [-0.05, 0) is 31.9 Å². The van der Waals surface area contributed by atoms with Crippen LogP contribution in [0, 0.1) is 5.92 Å². The van der Waals surface area contributed by atoms with E-state index in [9.17, 15) is 19.2 Å². The predicted octanol–water partition coefficient (Wildman–Crippen LogP) is 3.11. The summed E-state index contributed by atoms with van der Waals surface area (Å²) in [6, 6.07) is 18.1. The number of ketones is 1. The van der Waals surface area contributed by atoms with Gasteiger partial charge in [-0.1, -0.05) is 60.7 Å². The number of nitrogens with one attached hydrogen (secondary N) is 1. The molecular formula is C26H29NO7. The van der Waals surface area contributed by atoms with Crippen LogP contribution < -0.4 is 5.32 Å². The molecule has 0 saturated carbocycles. The van der Waals surface area contributed by atoms with Crippen molar-refractivity contribution in [3.8, 4) is 0 Å². The zero-order valence-corrected chi connectivity index (χ0v) is 19.5. The minimum Gasteiger partial charge on any atom is -0.465 e. The Balaban J connectivity index is 2.19. The van der Waals surface area contributed by atoms with E-state index >= 15 is 0 Å². The van der Waals surface area contributed by atoms with Gasteiger partial charge in [-0.2, -0.15) is 0 Å². The number of Topliss-reactive ketones (excluding diaryl/α,β-unsaturated/α-hetero) is 1. The van der Waals surface area contributed by atoms with E-state index in [0.717, 1.165) is 11.1 Å². The molecule has 0 aliphatic carbocycles. The molecule has 1 unspecified atom stereocenters. The monoisotopic (exact) mass is 467 g/mol. The average Bonchev–Trinajstić information content (AvgIpc) is 2.84. The molecule has 0 aromatic heterocycles. The predicted molar refractivity (Wildman–Crippen MR) is 124 cm³/mol. The molecule has 0 heterocycles. The fourth-order valence-corrected chi connectivity index (χ4v) is 3.04. The molecule has 2 aromatic rings. The second-order valence-electron chi connectivity index (χ2n) is 7.38. The van der Waals surface area contributed by atoms with Crippen LogP contribution in [0.25, 0.3) is 0 Å². The number of rotatable bonds is 12. The van der Waals surface area contributed by atoms with Crippen LogP contribution in [0.4, 0.5) is 0 Å². The third-order valence-electron chi connectivity index (χ3n) is 4.78. The molecule has 0 amide bonds. The van der Waals surface area contributed by atoms with Gasteiger partial charge in [0.15, 0.2) is 5.78 Å². The van der Waals surface area contributed by atoms with Crippen molar-refractivity contribution in [2.45, 2.75) is 34.0 Å². The Morgan fingerprint density at radius 3 is 1.85 bits per heavy atom. The maximum atomic E-state index is 12.8. The van der Waals surface area contributed by atoms with Crippen LogP contribution in [0.15, 0.2) is 71.9 Å². The van der Waals surface area contributed by atoms with Crippen LogP contribution in [0.1, 0.15) is 31.9 Å². The van der Waals surface area contributed by atoms with Gasteiger partial charge in [-0.25, -0.2) is 4.79 Å². The van der Waals surface area contributed by atoms with Gasteiger partial charge in [0.2, 0.25) is 0 Å². The number of hydrogen-bond donors (Lipinski definition) is 1. The van der Waals surface area contributed by atoms with E-state index in [1.807, 2.05) is 36.4 Å². The first kappa shape index (κ1) is 26.3. The molecular weight excluding hydrogens is 438 g/mol. The van der Waals surface area contributed by atoms with Crippen LogP contribution in [-0.4, -0.2) is 36.8 Å². The van der Waals surface area contributed by atoms with Gasteiger partial charge in [0.25, 0.3) is 0 Å². The molecule has 0 fully saturated rings. The summed E-state index contributed by atoms with van der Waals surface area (Å²) < 4.78 is 15.6. The lowest BCUT2D eigenvalue weighted by Gasteiger charge is -2.20. The summed E-state index contributed by atoms with van der Waals surface area (Å²) in [5.41, 5.74) is 1.13. The van der Waals surface area contributed by atoms with E-state index in [2.05, 4.69) is 5.32 Å². The van der Waals surface area contributed by atoms with Crippen LogP contribution >= 0.6 is 0 Å². The lowest BCUT2D eigenvalue weighted by atomic mass is 9.99. The van der Waals surface area contributed by atoms with Crippen molar-refractivity contribution in [1.82, 2.24) is 5.32 Å². The fraction of sp³-hybridized carbons (Fsp3) is 0.308. The lowest BCUT2D eigenvalue weighted by Crippen LogP contribution is -2.34. The molecule has 8 heteroatoms. The third kappa shape index (κ3) is 8.20. The van der Waals surface area contributed by atoms with Crippen molar-refractivity contribution in [3.05, 3.63) is 83.1 Å². The van der Waals surface area contributed by atoms with E-state index < -0.39 is 29.6 Å². The Hall–Kier alpha value is -3.94. The molecule has 0 radical (unpaired) electrons. The topological polar surface area (TPSA) is 108 Å². The minimum atomic E-state index is -1.02. The molecule has 0 spiro atoms. The highest BCUT2D eigenvalue weighted by molar-refractivity contribution is 6.17. The van der Waals surface area contributed by atoms with E-state index in [1.165, 1.54) is 13.8 Å². The molecule has 8 nitrogen and oxygen atoms in total. The quantitative estimate of drug-likeness (QED) is 0.167. The Bertz CT molecular complexity index is 1020. The number of carbonyl (C=O) groups excluding carboxylic acids is 4. The summed E-state index contributed by atoms with van der Waals surface area (Å²) in [5.74, 6) is -3.83. The first-order chi connectivity index (χ1) is 16.3. The Kier molecular flexibility index (Phi) is 10.5. The molecule has 0 aliphatic heterocycles. The summed E-state index contributed by atoms with van der Waals surface area (Å²) in [6.07, 6.45) is 0. The van der Waals surface area contributed by atoms with Crippen molar-refractivity contribution in [1.29, 1.82) is 0 Å². The molecule has 0 aliphatic rings. The standard InChI is InChI=1S/C26H29NO7/c1-4-32-25(30)18(2)24(27-15-22(29)33-16-20-11-7-5-8-12-20)23(19(3)28)26(31)34-17-21-13-9-6-10-14-21/h5-14,18,27H,4,15-17H2,1-3H3. The van der Waals surface area contributed by atoms with E-state index in [1.54, 1.807) is 31.2 Å². The maximum absolute atomic E-state index is 12.8. The summed E-state index contributed by atoms with van der Waals surface area (Å²) in [7, 11) is 0. The van der Waals surface area contributed by atoms with Crippen LogP contribution in [0.2, 0.25) is 0 Å². The summed E-state index contributed by atoms with van der Waals surface area (Å²) in [4.78, 5) is 49.9. The van der Waals surface area contributed by atoms with E-state index in [0.29, 0.717) is 0 Å². The van der Waals surface area contributed by atoms with Crippen molar-refractivity contribution >= 4 is 23.7 Å². The molecule has 0 saturated heterocycles. The van der Waals surface area contributed by atoms with Crippen LogP contribution in [0.3, 0.4) is 0 Å². The third-order valence-corrected chi connectivity index (χ3v) is 4.78. The molecule has 180 valence electrons. The van der Waals surface area contributed by atoms with Gasteiger partial charge in [-0.3, -0.25) is 14.4 Å². The molecule has 1 N–H and O–H groups in total. The number of carbonyl (C=O) groups is 4. The van der Waals surface area contributed by atoms with Gasteiger partial charge in [0.1, 0.15) is 25.3 Å². The highest BCUT2D eigenvalue weighted by Crippen LogP contribution is 2.18. The second kappa shape index (κ2) is 13.6. The van der Waals surface area contributed by atoms with Crippen molar-refractivity contribution < 1.29 is 33.4 Å². The number of ether oxygens (including phenoxy) is 3. The summed E-state index contributed by atoms with van der Waals surface area (Å²) in [5, 5.41) is 2.74. The maximum Gasteiger partial charge on any atom is 0.343 e. The van der Waals surface area contributed by atoms with E-state index in [4.69, 9.17) is 14.2 Å². The van der Waals surface area contributed by atoms with Gasteiger partial charge in [-0.15, -0.1) is 0 Å². The molecule has 2 aromatic carbocycles. The van der Waals surface area contributed by atoms with Gasteiger partial charge in [0.05, 0.1) is 12.5 Å². The van der Waals surface area contributed by atoms with Gasteiger partial charge < -0.3 is 19.5 Å².